The van der Waals surface area contributed by atoms with E-state index in [0.717, 1.165) is 27.6 Å². The fourth-order valence-corrected chi connectivity index (χ4v) is 2.86. The molecule has 2 aromatic carbocycles. The second kappa shape index (κ2) is 6.57. The van der Waals surface area contributed by atoms with Crippen LogP contribution in [0.2, 0.25) is 0 Å². The van der Waals surface area contributed by atoms with Gasteiger partial charge < -0.3 is 10.5 Å². The molecule has 0 fully saturated rings. The van der Waals surface area contributed by atoms with Crippen LogP contribution in [0.15, 0.2) is 48.7 Å². The summed E-state index contributed by atoms with van der Waals surface area (Å²) in [6, 6.07) is 14.1. The van der Waals surface area contributed by atoms with Crippen molar-refractivity contribution in [2.45, 2.75) is 38.7 Å². The summed E-state index contributed by atoms with van der Waals surface area (Å²) in [7, 11) is 0. The number of esters is 1. The molecule has 1 aromatic heterocycles. The van der Waals surface area contributed by atoms with Crippen molar-refractivity contribution in [3.63, 3.8) is 0 Å². The van der Waals surface area contributed by atoms with Gasteiger partial charge in [0.15, 0.2) is 0 Å². The number of aromatic amines is 1. The van der Waals surface area contributed by atoms with Crippen molar-refractivity contribution in [3.05, 3.63) is 54.2 Å². The van der Waals surface area contributed by atoms with E-state index in [0.29, 0.717) is 0 Å². The third-order valence-corrected chi connectivity index (χ3v) is 4.55. The van der Waals surface area contributed by atoms with E-state index in [2.05, 4.69) is 16.3 Å². The van der Waals surface area contributed by atoms with Gasteiger partial charge >= 0.3 is 5.97 Å². The van der Waals surface area contributed by atoms with Crippen LogP contribution in [0.5, 0.6) is 0 Å². The first-order valence-electron chi connectivity index (χ1n) is 8.70. The maximum absolute atomic E-state index is 12.7. The standard InChI is InChI=1S/C21H25N3O2/c1-20(2,3)26-19(25)21(4,13-22)17-8-5-14(6-9-17)15-7-10-18-16(11-15)12-23-24-18/h5-12H,13,22H2,1-4H3,(H,23,24). The molecule has 1 atom stereocenters. The zero-order valence-electron chi connectivity index (χ0n) is 15.7. The zero-order valence-corrected chi connectivity index (χ0v) is 15.7. The number of aromatic nitrogens is 2. The first-order chi connectivity index (χ1) is 12.2. The number of H-pyrrole nitrogens is 1. The Kier molecular flexibility index (Phi) is 4.59. The summed E-state index contributed by atoms with van der Waals surface area (Å²) in [4.78, 5) is 12.7. The topological polar surface area (TPSA) is 81.0 Å². The highest BCUT2D eigenvalue weighted by molar-refractivity contribution is 5.85. The van der Waals surface area contributed by atoms with Gasteiger partial charge in [0.05, 0.1) is 11.7 Å². The number of rotatable bonds is 4. The molecule has 0 aliphatic carbocycles. The summed E-state index contributed by atoms with van der Waals surface area (Å²) in [6.07, 6.45) is 1.81. The number of nitrogens with one attached hydrogen (secondary N) is 1. The molecular weight excluding hydrogens is 326 g/mol. The van der Waals surface area contributed by atoms with Crippen LogP contribution in [0.3, 0.4) is 0 Å². The molecule has 0 saturated carbocycles. The Morgan fingerprint density at radius 2 is 1.73 bits per heavy atom. The summed E-state index contributed by atoms with van der Waals surface area (Å²) in [5, 5.41) is 8.06. The second-order valence-corrected chi connectivity index (χ2v) is 7.79. The van der Waals surface area contributed by atoms with Crippen molar-refractivity contribution in [2.75, 3.05) is 6.54 Å². The first kappa shape index (κ1) is 18.1. The molecule has 0 bridgehead atoms. The molecule has 0 aliphatic rings. The van der Waals surface area contributed by atoms with Gasteiger partial charge in [-0.05, 0) is 56.5 Å². The molecule has 0 aliphatic heterocycles. The van der Waals surface area contributed by atoms with E-state index in [1.165, 1.54) is 0 Å². The zero-order chi connectivity index (χ0) is 18.9. The summed E-state index contributed by atoms with van der Waals surface area (Å²) in [5.74, 6) is -0.305. The van der Waals surface area contributed by atoms with Gasteiger partial charge in [0.1, 0.15) is 11.0 Å². The van der Waals surface area contributed by atoms with Crippen LogP contribution in [0, 0.1) is 0 Å². The number of carbonyl (C=O) groups excluding carboxylic acids is 1. The van der Waals surface area contributed by atoms with Crippen LogP contribution in [-0.2, 0) is 14.9 Å². The average molecular weight is 351 g/mol. The van der Waals surface area contributed by atoms with Crippen LogP contribution in [0.4, 0.5) is 0 Å². The number of benzene rings is 2. The van der Waals surface area contributed by atoms with Crippen molar-refractivity contribution in [2.24, 2.45) is 5.73 Å². The van der Waals surface area contributed by atoms with Crippen molar-refractivity contribution in [1.82, 2.24) is 10.2 Å². The molecule has 3 rings (SSSR count). The van der Waals surface area contributed by atoms with Gasteiger partial charge in [0.25, 0.3) is 0 Å². The number of hydrogen-bond donors (Lipinski definition) is 2. The number of ether oxygens (including phenoxy) is 1. The molecule has 5 heteroatoms. The van der Waals surface area contributed by atoms with Gasteiger partial charge in [-0.25, -0.2) is 0 Å². The minimum absolute atomic E-state index is 0.183. The van der Waals surface area contributed by atoms with Gasteiger partial charge in [-0.1, -0.05) is 30.3 Å². The highest BCUT2D eigenvalue weighted by atomic mass is 16.6. The Bertz CT molecular complexity index is 922. The van der Waals surface area contributed by atoms with Gasteiger partial charge in [-0.3, -0.25) is 9.89 Å². The quantitative estimate of drug-likeness (QED) is 0.701. The lowest BCUT2D eigenvalue weighted by molar-refractivity contribution is -0.161. The minimum atomic E-state index is -0.875. The first-order valence-corrected chi connectivity index (χ1v) is 8.70. The van der Waals surface area contributed by atoms with Crippen LogP contribution in [0.1, 0.15) is 33.3 Å². The number of hydrogen-bond acceptors (Lipinski definition) is 4. The van der Waals surface area contributed by atoms with Crippen LogP contribution in [0.25, 0.3) is 22.0 Å². The van der Waals surface area contributed by atoms with Crippen molar-refractivity contribution >= 4 is 16.9 Å². The lowest BCUT2D eigenvalue weighted by Crippen LogP contribution is -2.44. The highest BCUT2D eigenvalue weighted by Crippen LogP contribution is 2.30. The van der Waals surface area contributed by atoms with E-state index in [4.69, 9.17) is 10.5 Å². The maximum Gasteiger partial charge on any atom is 0.318 e. The van der Waals surface area contributed by atoms with Crippen molar-refractivity contribution < 1.29 is 9.53 Å². The molecule has 5 nitrogen and oxygen atoms in total. The molecule has 1 unspecified atom stereocenters. The SMILES string of the molecule is CC(C)(C)OC(=O)C(C)(CN)c1ccc(-c2ccc3[nH]ncc3c2)cc1. The fourth-order valence-electron chi connectivity index (χ4n) is 2.86. The number of fused-ring (bicyclic) bond motifs is 1. The average Bonchev–Trinajstić information content (AvgIpc) is 3.07. The van der Waals surface area contributed by atoms with Gasteiger partial charge in [0, 0.05) is 11.9 Å². The molecular formula is C21H25N3O2. The van der Waals surface area contributed by atoms with Crippen molar-refractivity contribution in [3.8, 4) is 11.1 Å². The summed E-state index contributed by atoms with van der Waals surface area (Å²) in [5.41, 5.74) is 8.54. The van der Waals surface area contributed by atoms with Gasteiger partial charge in [-0.15, -0.1) is 0 Å². The third-order valence-electron chi connectivity index (χ3n) is 4.55. The predicted molar refractivity (Wildman–Crippen MR) is 104 cm³/mol. The predicted octanol–water partition coefficient (Wildman–Crippen LogP) is 3.79. The lowest BCUT2D eigenvalue weighted by Gasteiger charge is -2.31. The fraction of sp³-hybridized carbons (Fsp3) is 0.333. The monoisotopic (exact) mass is 351 g/mol. The van der Waals surface area contributed by atoms with Crippen LogP contribution >= 0.6 is 0 Å². The number of carbonyl (C=O) groups is 1. The van der Waals surface area contributed by atoms with Crippen molar-refractivity contribution in [1.29, 1.82) is 0 Å². The molecule has 0 spiro atoms. The lowest BCUT2D eigenvalue weighted by atomic mass is 9.81. The maximum atomic E-state index is 12.7. The van der Waals surface area contributed by atoms with E-state index in [1.807, 2.05) is 64.1 Å². The molecule has 0 amide bonds. The normalized spacial score (nSPS) is 14.2. The second-order valence-electron chi connectivity index (χ2n) is 7.79. The summed E-state index contributed by atoms with van der Waals surface area (Å²) < 4.78 is 5.57. The van der Waals surface area contributed by atoms with Gasteiger partial charge in [0.2, 0.25) is 0 Å². The highest BCUT2D eigenvalue weighted by Gasteiger charge is 2.37. The Balaban J connectivity index is 1.90. The van der Waals surface area contributed by atoms with E-state index < -0.39 is 11.0 Å². The van der Waals surface area contributed by atoms with Crippen LogP contribution in [-0.4, -0.2) is 28.3 Å². The smallest absolute Gasteiger partial charge is 0.318 e. The van der Waals surface area contributed by atoms with E-state index in [9.17, 15) is 4.79 Å². The molecule has 1 heterocycles. The third kappa shape index (κ3) is 3.48. The molecule has 3 N–H and O–H groups in total. The Morgan fingerprint density at radius 3 is 2.35 bits per heavy atom. The van der Waals surface area contributed by atoms with E-state index in [-0.39, 0.29) is 12.5 Å². The largest absolute Gasteiger partial charge is 0.459 e. The summed E-state index contributed by atoms with van der Waals surface area (Å²) in [6.45, 7) is 7.58. The Morgan fingerprint density at radius 1 is 1.08 bits per heavy atom. The van der Waals surface area contributed by atoms with Crippen LogP contribution < -0.4 is 5.73 Å². The molecule has 26 heavy (non-hydrogen) atoms. The van der Waals surface area contributed by atoms with E-state index >= 15 is 0 Å². The van der Waals surface area contributed by atoms with E-state index in [1.54, 1.807) is 6.20 Å². The molecule has 136 valence electrons. The number of nitrogens with zero attached hydrogens (tertiary/aromatic N) is 1. The van der Waals surface area contributed by atoms with Gasteiger partial charge in [-0.2, -0.15) is 5.10 Å². The number of nitrogens with two attached hydrogens (primary N) is 1. The molecule has 0 saturated heterocycles. The molecule has 3 aromatic rings. The Labute approximate surface area is 153 Å². The minimum Gasteiger partial charge on any atom is -0.459 e. The summed E-state index contributed by atoms with van der Waals surface area (Å²) >= 11 is 0. The molecule has 0 radical (unpaired) electrons. The Hall–Kier alpha value is -2.66.